The highest BCUT2D eigenvalue weighted by molar-refractivity contribution is 5.64. The fraction of sp³-hybridized carbons (Fsp3) is 0.200. The summed E-state index contributed by atoms with van der Waals surface area (Å²) < 4.78 is 1.87. The predicted molar refractivity (Wildman–Crippen MR) is 80.5 cm³/mol. The molecule has 0 amide bonds. The molecule has 2 aromatic heterocycles. The van der Waals surface area contributed by atoms with Crippen LogP contribution in [0.3, 0.4) is 0 Å². The number of rotatable bonds is 4. The molecule has 0 aliphatic rings. The molecular weight excluding hydrogens is 250 g/mol. The molecule has 0 saturated heterocycles. The summed E-state index contributed by atoms with van der Waals surface area (Å²) in [7, 11) is 0. The number of hydrogen-bond donors (Lipinski definition) is 2. The van der Waals surface area contributed by atoms with E-state index in [9.17, 15) is 0 Å². The zero-order chi connectivity index (χ0) is 13.9. The first-order valence-electron chi connectivity index (χ1n) is 6.67. The molecule has 0 radical (unpaired) electrons. The maximum absolute atomic E-state index is 5.79. The van der Waals surface area contributed by atoms with Gasteiger partial charge in [0.2, 0.25) is 0 Å². The topological polar surface area (TPSA) is 68.2 Å². The standard InChI is InChI=1S/C15H17N5/c1-2-11-3-5-12(6-4-11)9-18-14-15-17-7-8-20(15)10-13(16)19-14/h3-8,10H,2,9,16H2,1H3,(H,18,19). The molecule has 0 unspecified atom stereocenters. The fourth-order valence-corrected chi connectivity index (χ4v) is 2.15. The molecule has 2 heterocycles. The summed E-state index contributed by atoms with van der Waals surface area (Å²) in [6, 6.07) is 8.55. The average molecular weight is 267 g/mol. The Balaban J connectivity index is 1.80. The number of aryl methyl sites for hydroxylation is 1. The highest BCUT2D eigenvalue weighted by Crippen LogP contribution is 2.16. The number of nitrogens with two attached hydrogens (primary N) is 1. The number of nitrogen functional groups attached to an aromatic ring is 1. The van der Waals surface area contributed by atoms with Crippen molar-refractivity contribution in [2.45, 2.75) is 19.9 Å². The van der Waals surface area contributed by atoms with Crippen LogP contribution in [-0.4, -0.2) is 14.4 Å². The summed E-state index contributed by atoms with van der Waals surface area (Å²) in [5.41, 5.74) is 9.12. The summed E-state index contributed by atoms with van der Waals surface area (Å²) in [5, 5.41) is 3.29. The molecule has 5 heteroatoms. The van der Waals surface area contributed by atoms with Gasteiger partial charge in [0, 0.05) is 18.9 Å². The highest BCUT2D eigenvalue weighted by Gasteiger charge is 2.05. The molecule has 102 valence electrons. The van der Waals surface area contributed by atoms with Gasteiger partial charge in [0.15, 0.2) is 11.5 Å². The van der Waals surface area contributed by atoms with Gasteiger partial charge in [-0.1, -0.05) is 31.2 Å². The van der Waals surface area contributed by atoms with Crippen molar-refractivity contribution in [3.05, 3.63) is 54.0 Å². The third kappa shape index (κ3) is 2.42. The number of imidazole rings is 1. The van der Waals surface area contributed by atoms with E-state index in [1.165, 1.54) is 11.1 Å². The first-order valence-corrected chi connectivity index (χ1v) is 6.67. The zero-order valence-electron chi connectivity index (χ0n) is 11.4. The maximum Gasteiger partial charge on any atom is 0.180 e. The summed E-state index contributed by atoms with van der Waals surface area (Å²) >= 11 is 0. The van der Waals surface area contributed by atoms with Gasteiger partial charge in [0.25, 0.3) is 0 Å². The summed E-state index contributed by atoms with van der Waals surface area (Å²) in [6.45, 7) is 2.85. The molecule has 3 aromatic rings. The van der Waals surface area contributed by atoms with E-state index in [-0.39, 0.29) is 0 Å². The number of aromatic nitrogens is 3. The number of fused-ring (bicyclic) bond motifs is 1. The molecule has 1 aromatic carbocycles. The molecule has 0 saturated carbocycles. The van der Waals surface area contributed by atoms with Crippen molar-refractivity contribution in [1.29, 1.82) is 0 Å². The van der Waals surface area contributed by atoms with Crippen LogP contribution in [0.5, 0.6) is 0 Å². The van der Waals surface area contributed by atoms with Crippen molar-refractivity contribution >= 4 is 17.3 Å². The Labute approximate surface area is 117 Å². The Bertz CT molecular complexity index is 715. The van der Waals surface area contributed by atoms with Crippen LogP contribution in [-0.2, 0) is 13.0 Å². The van der Waals surface area contributed by atoms with E-state index < -0.39 is 0 Å². The monoisotopic (exact) mass is 267 g/mol. The van der Waals surface area contributed by atoms with Crippen LogP contribution >= 0.6 is 0 Å². The van der Waals surface area contributed by atoms with Gasteiger partial charge in [0.05, 0.1) is 6.20 Å². The number of benzene rings is 1. The third-order valence-corrected chi connectivity index (χ3v) is 3.28. The van der Waals surface area contributed by atoms with Gasteiger partial charge in [-0.2, -0.15) is 0 Å². The Morgan fingerprint density at radius 1 is 1.20 bits per heavy atom. The molecule has 3 N–H and O–H groups in total. The normalized spacial score (nSPS) is 10.8. The van der Waals surface area contributed by atoms with Gasteiger partial charge in [0.1, 0.15) is 5.82 Å². The Morgan fingerprint density at radius 2 is 1.95 bits per heavy atom. The largest absolute Gasteiger partial charge is 0.382 e. The second kappa shape index (κ2) is 5.21. The number of nitrogens with zero attached hydrogens (tertiary/aromatic N) is 3. The SMILES string of the molecule is CCc1ccc(CNc2nc(N)cn3ccnc23)cc1. The molecule has 0 aliphatic heterocycles. The number of nitrogens with one attached hydrogen (secondary N) is 1. The van der Waals surface area contributed by atoms with E-state index >= 15 is 0 Å². The number of anilines is 2. The Hall–Kier alpha value is -2.56. The van der Waals surface area contributed by atoms with Crippen LogP contribution in [0.25, 0.3) is 5.65 Å². The maximum atomic E-state index is 5.79. The molecule has 0 bridgehead atoms. The van der Waals surface area contributed by atoms with Crippen LogP contribution < -0.4 is 11.1 Å². The molecule has 0 spiro atoms. The van der Waals surface area contributed by atoms with E-state index in [2.05, 4.69) is 46.5 Å². The van der Waals surface area contributed by atoms with Gasteiger partial charge < -0.3 is 15.5 Å². The van der Waals surface area contributed by atoms with Crippen LogP contribution in [0.1, 0.15) is 18.1 Å². The van der Waals surface area contributed by atoms with E-state index in [0.717, 1.165) is 12.1 Å². The van der Waals surface area contributed by atoms with E-state index in [4.69, 9.17) is 5.73 Å². The molecular formula is C15H17N5. The van der Waals surface area contributed by atoms with Gasteiger partial charge in [-0.25, -0.2) is 9.97 Å². The molecule has 20 heavy (non-hydrogen) atoms. The summed E-state index contributed by atoms with van der Waals surface area (Å²) in [5.74, 6) is 1.17. The van der Waals surface area contributed by atoms with Gasteiger partial charge in [-0.05, 0) is 17.5 Å². The average Bonchev–Trinajstić information content (AvgIpc) is 2.93. The second-order valence-corrected chi connectivity index (χ2v) is 4.70. The second-order valence-electron chi connectivity index (χ2n) is 4.70. The lowest BCUT2D eigenvalue weighted by Gasteiger charge is -2.08. The van der Waals surface area contributed by atoms with Crippen molar-refractivity contribution in [2.24, 2.45) is 0 Å². The fourth-order valence-electron chi connectivity index (χ4n) is 2.15. The van der Waals surface area contributed by atoms with Gasteiger partial charge >= 0.3 is 0 Å². The van der Waals surface area contributed by atoms with Gasteiger partial charge in [-0.15, -0.1) is 0 Å². The van der Waals surface area contributed by atoms with Crippen LogP contribution in [0, 0.1) is 0 Å². The minimum atomic E-state index is 0.472. The highest BCUT2D eigenvalue weighted by atomic mass is 15.1. The predicted octanol–water partition coefficient (Wildman–Crippen LogP) is 2.49. The van der Waals surface area contributed by atoms with Crippen molar-refractivity contribution in [1.82, 2.24) is 14.4 Å². The minimum absolute atomic E-state index is 0.472. The lowest BCUT2D eigenvalue weighted by Crippen LogP contribution is -2.06. The smallest absolute Gasteiger partial charge is 0.180 e. The molecule has 0 atom stereocenters. The number of hydrogen-bond acceptors (Lipinski definition) is 4. The first-order chi connectivity index (χ1) is 9.76. The van der Waals surface area contributed by atoms with Crippen molar-refractivity contribution in [2.75, 3.05) is 11.1 Å². The quantitative estimate of drug-likeness (QED) is 0.762. The van der Waals surface area contributed by atoms with Crippen molar-refractivity contribution < 1.29 is 0 Å². The first kappa shape index (κ1) is 12.5. The van der Waals surface area contributed by atoms with E-state index in [0.29, 0.717) is 18.2 Å². The van der Waals surface area contributed by atoms with Crippen LogP contribution in [0.4, 0.5) is 11.6 Å². The third-order valence-electron chi connectivity index (χ3n) is 3.28. The van der Waals surface area contributed by atoms with Crippen LogP contribution in [0.2, 0.25) is 0 Å². The Kier molecular flexibility index (Phi) is 3.25. The lowest BCUT2D eigenvalue weighted by atomic mass is 10.1. The Morgan fingerprint density at radius 3 is 2.70 bits per heavy atom. The minimum Gasteiger partial charge on any atom is -0.382 e. The van der Waals surface area contributed by atoms with Crippen molar-refractivity contribution in [3.63, 3.8) is 0 Å². The molecule has 5 nitrogen and oxygen atoms in total. The van der Waals surface area contributed by atoms with E-state index in [1.807, 2.05) is 10.6 Å². The molecule has 0 fully saturated rings. The van der Waals surface area contributed by atoms with E-state index in [1.54, 1.807) is 12.4 Å². The summed E-state index contributed by atoms with van der Waals surface area (Å²) in [4.78, 5) is 8.59. The molecule has 0 aliphatic carbocycles. The van der Waals surface area contributed by atoms with Gasteiger partial charge in [-0.3, -0.25) is 0 Å². The van der Waals surface area contributed by atoms with Crippen LogP contribution in [0.15, 0.2) is 42.9 Å². The summed E-state index contributed by atoms with van der Waals surface area (Å²) in [6.07, 6.45) is 6.40. The lowest BCUT2D eigenvalue weighted by molar-refractivity contribution is 1.07. The molecule has 3 rings (SSSR count). The zero-order valence-corrected chi connectivity index (χ0v) is 11.4. The van der Waals surface area contributed by atoms with Crippen molar-refractivity contribution in [3.8, 4) is 0 Å².